The van der Waals surface area contributed by atoms with E-state index in [2.05, 4.69) is 27.3 Å². The first kappa shape index (κ1) is 20.5. The molecule has 2 aliphatic heterocycles. The van der Waals surface area contributed by atoms with Gasteiger partial charge in [0.25, 0.3) is 0 Å². The molecule has 8 heteroatoms. The number of hydrogen-bond donors (Lipinski definition) is 1. The number of aryl methyl sites for hydroxylation is 1. The largest absolute Gasteiger partial charge is 0.494 e. The molecule has 0 spiro atoms. The molecule has 32 heavy (non-hydrogen) atoms. The maximum absolute atomic E-state index is 12.6. The lowest BCUT2D eigenvalue weighted by Crippen LogP contribution is -2.25. The van der Waals surface area contributed by atoms with E-state index in [4.69, 9.17) is 9.84 Å². The van der Waals surface area contributed by atoms with Gasteiger partial charge in [0.1, 0.15) is 11.6 Å². The first-order valence-electron chi connectivity index (χ1n) is 11.3. The standard InChI is InChI=1S/C24H28N6O2/c1-3-14-32-18-8-6-17(7-9-18)19-15-22(31)25-24-23(19)16(2)28-30(24)21-11-10-20(26-27-21)29-12-4-5-13-29/h6-11,19H,3-5,12-15H2,1-2H3,(H,25,31)/t19-/m1/s1. The summed E-state index contributed by atoms with van der Waals surface area (Å²) in [6, 6.07) is 11.9. The molecule has 166 valence electrons. The molecule has 5 rings (SSSR count). The van der Waals surface area contributed by atoms with Gasteiger partial charge in [-0.05, 0) is 56.0 Å². The Morgan fingerprint density at radius 2 is 1.78 bits per heavy atom. The smallest absolute Gasteiger partial charge is 0.226 e. The van der Waals surface area contributed by atoms with Crippen molar-refractivity contribution in [3.05, 3.63) is 53.2 Å². The van der Waals surface area contributed by atoms with Gasteiger partial charge in [0, 0.05) is 31.0 Å². The highest BCUT2D eigenvalue weighted by Gasteiger charge is 2.33. The Bertz CT molecular complexity index is 1100. The Kier molecular flexibility index (Phi) is 5.51. The monoisotopic (exact) mass is 432 g/mol. The van der Waals surface area contributed by atoms with Gasteiger partial charge in [-0.15, -0.1) is 10.2 Å². The van der Waals surface area contributed by atoms with Crippen molar-refractivity contribution in [3.8, 4) is 11.6 Å². The summed E-state index contributed by atoms with van der Waals surface area (Å²) in [5.74, 6) is 2.91. The van der Waals surface area contributed by atoms with Crippen molar-refractivity contribution in [2.75, 3.05) is 29.9 Å². The van der Waals surface area contributed by atoms with E-state index in [0.29, 0.717) is 24.7 Å². The van der Waals surface area contributed by atoms with Crippen LogP contribution in [0, 0.1) is 6.92 Å². The molecule has 1 amide bonds. The van der Waals surface area contributed by atoms with E-state index in [1.165, 1.54) is 12.8 Å². The molecule has 0 radical (unpaired) electrons. The predicted octanol–water partition coefficient (Wildman–Crippen LogP) is 3.83. The Hall–Kier alpha value is -3.42. The van der Waals surface area contributed by atoms with Gasteiger partial charge in [0.2, 0.25) is 5.91 Å². The highest BCUT2D eigenvalue weighted by molar-refractivity contribution is 5.95. The number of carbonyl (C=O) groups is 1. The maximum Gasteiger partial charge on any atom is 0.226 e. The van der Waals surface area contributed by atoms with E-state index in [9.17, 15) is 4.79 Å². The van der Waals surface area contributed by atoms with Crippen LogP contribution in [0.3, 0.4) is 0 Å². The van der Waals surface area contributed by atoms with Gasteiger partial charge in [-0.25, -0.2) is 0 Å². The van der Waals surface area contributed by atoms with E-state index < -0.39 is 0 Å². The molecule has 0 saturated carbocycles. The second-order valence-electron chi connectivity index (χ2n) is 8.43. The molecule has 0 bridgehead atoms. The zero-order valence-electron chi connectivity index (χ0n) is 18.5. The van der Waals surface area contributed by atoms with Crippen LogP contribution in [-0.4, -0.2) is 45.6 Å². The van der Waals surface area contributed by atoms with E-state index in [1.807, 2.05) is 43.3 Å². The Labute approximate surface area is 187 Å². The summed E-state index contributed by atoms with van der Waals surface area (Å²) >= 11 is 0. The summed E-state index contributed by atoms with van der Waals surface area (Å²) in [5, 5.41) is 16.6. The number of carbonyl (C=O) groups excluding carboxylic acids is 1. The fourth-order valence-electron chi connectivity index (χ4n) is 4.56. The molecule has 1 saturated heterocycles. The van der Waals surface area contributed by atoms with Crippen molar-refractivity contribution < 1.29 is 9.53 Å². The molecule has 0 aliphatic carbocycles. The van der Waals surface area contributed by atoms with Crippen LogP contribution in [-0.2, 0) is 4.79 Å². The molecule has 1 aromatic carbocycles. The molecule has 2 aliphatic rings. The highest BCUT2D eigenvalue weighted by atomic mass is 16.5. The van der Waals surface area contributed by atoms with Gasteiger partial charge in [-0.1, -0.05) is 19.1 Å². The quantitative estimate of drug-likeness (QED) is 0.637. The van der Waals surface area contributed by atoms with E-state index in [1.54, 1.807) is 4.68 Å². The number of rotatable bonds is 6. The van der Waals surface area contributed by atoms with Crippen molar-refractivity contribution >= 4 is 17.5 Å². The second-order valence-corrected chi connectivity index (χ2v) is 8.43. The molecule has 1 fully saturated rings. The maximum atomic E-state index is 12.6. The van der Waals surface area contributed by atoms with E-state index in [-0.39, 0.29) is 11.8 Å². The first-order valence-corrected chi connectivity index (χ1v) is 11.3. The number of fused-ring (bicyclic) bond motifs is 1. The van der Waals surface area contributed by atoms with Gasteiger partial charge in [-0.3, -0.25) is 4.79 Å². The number of hydrogen-bond acceptors (Lipinski definition) is 6. The number of benzene rings is 1. The van der Waals surface area contributed by atoms with Crippen molar-refractivity contribution in [1.29, 1.82) is 0 Å². The molecule has 0 unspecified atom stereocenters. The molecule has 2 aromatic heterocycles. The summed E-state index contributed by atoms with van der Waals surface area (Å²) in [7, 11) is 0. The summed E-state index contributed by atoms with van der Waals surface area (Å²) in [4.78, 5) is 14.9. The highest BCUT2D eigenvalue weighted by Crippen LogP contribution is 2.40. The van der Waals surface area contributed by atoms with Crippen LogP contribution in [0.5, 0.6) is 5.75 Å². The molecule has 1 atom stereocenters. The average molecular weight is 433 g/mol. The zero-order valence-corrected chi connectivity index (χ0v) is 18.5. The lowest BCUT2D eigenvalue weighted by atomic mass is 9.86. The third kappa shape index (κ3) is 3.81. The van der Waals surface area contributed by atoms with Crippen LogP contribution < -0.4 is 15.0 Å². The number of nitrogens with zero attached hydrogens (tertiary/aromatic N) is 5. The molecular formula is C24H28N6O2. The fraction of sp³-hybridized carbons (Fsp3) is 0.417. The lowest BCUT2D eigenvalue weighted by Gasteiger charge is -2.24. The van der Waals surface area contributed by atoms with Crippen molar-refractivity contribution in [2.24, 2.45) is 0 Å². The van der Waals surface area contributed by atoms with Crippen molar-refractivity contribution in [2.45, 2.75) is 45.4 Å². The Morgan fingerprint density at radius 3 is 2.47 bits per heavy atom. The van der Waals surface area contributed by atoms with Crippen LogP contribution in [0.2, 0.25) is 0 Å². The van der Waals surface area contributed by atoms with E-state index in [0.717, 1.165) is 47.9 Å². The van der Waals surface area contributed by atoms with Gasteiger partial charge < -0.3 is 15.0 Å². The molecular weight excluding hydrogens is 404 g/mol. The Morgan fingerprint density at radius 1 is 1.06 bits per heavy atom. The third-order valence-corrected chi connectivity index (χ3v) is 6.14. The SMILES string of the molecule is CCCOc1ccc([C@H]2CC(=O)Nc3c2c(C)nn3-c2ccc(N3CCCC3)nn2)cc1. The van der Waals surface area contributed by atoms with Gasteiger partial charge in [0.05, 0.1) is 12.3 Å². The molecule has 1 N–H and O–H groups in total. The number of ether oxygens (including phenoxy) is 1. The topological polar surface area (TPSA) is 85.2 Å². The second kappa shape index (κ2) is 8.61. The van der Waals surface area contributed by atoms with Crippen molar-refractivity contribution in [3.63, 3.8) is 0 Å². The minimum Gasteiger partial charge on any atom is -0.494 e. The number of nitrogens with one attached hydrogen (secondary N) is 1. The Balaban J connectivity index is 1.46. The van der Waals surface area contributed by atoms with Gasteiger partial charge >= 0.3 is 0 Å². The van der Waals surface area contributed by atoms with Crippen LogP contribution in [0.25, 0.3) is 5.82 Å². The number of amides is 1. The van der Waals surface area contributed by atoms with E-state index >= 15 is 0 Å². The van der Waals surface area contributed by atoms with Crippen LogP contribution in [0.4, 0.5) is 11.6 Å². The van der Waals surface area contributed by atoms with Crippen LogP contribution >= 0.6 is 0 Å². The molecule has 4 heterocycles. The summed E-state index contributed by atoms with van der Waals surface area (Å²) in [5.41, 5.74) is 2.97. The normalized spacial score (nSPS) is 17.9. The summed E-state index contributed by atoms with van der Waals surface area (Å²) < 4.78 is 7.41. The summed E-state index contributed by atoms with van der Waals surface area (Å²) in [6.07, 6.45) is 3.73. The lowest BCUT2D eigenvalue weighted by molar-refractivity contribution is -0.116. The van der Waals surface area contributed by atoms with Gasteiger partial charge in [0.15, 0.2) is 11.6 Å². The molecule has 8 nitrogen and oxygen atoms in total. The predicted molar refractivity (Wildman–Crippen MR) is 123 cm³/mol. The number of aromatic nitrogens is 4. The summed E-state index contributed by atoms with van der Waals surface area (Å²) in [6.45, 7) is 6.79. The first-order chi connectivity index (χ1) is 15.6. The third-order valence-electron chi connectivity index (χ3n) is 6.14. The fourth-order valence-corrected chi connectivity index (χ4v) is 4.56. The molecule has 3 aromatic rings. The van der Waals surface area contributed by atoms with Gasteiger partial charge in [-0.2, -0.15) is 9.78 Å². The van der Waals surface area contributed by atoms with Crippen LogP contribution in [0.15, 0.2) is 36.4 Å². The average Bonchev–Trinajstić information content (AvgIpc) is 3.46. The van der Waals surface area contributed by atoms with Crippen LogP contribution in [0.1, 0.15) is 55.3 Å². The van der Waals surface area contributed by atoms with Crippen molar-refractivity contribution in [1.82, 2.24) is 20.0 Å². The number of anilines is 2. The minimum absolute atomic E-state index is 0.0309. The minimum atomic E-state index is -0.0652. The zero-order chi connectivity index (χ0) is 22.1.